The first-order chi connectivity index (χ1) is 18.4. The Morgan fingerprint density at radius 1 is 1.15 bits per heavy atom. The number of imidazole rings is 1. The number of carbonyl (C=O) groups excluding carboxylic acids is 2. The van der Waals surface area contributed by atoms with Gasteiger partial charge < -0.3 is 19.2 Å². The number of hydrogen-bond donors (Lipinski definition) is 2. The molecule has 2 amide bonds. The molecule has 0 saturated heterocycles. The van der Waals surface area contributed by atoms with Gasteiger partial charge in [-0.25, -0.2) is 15.0 Å². The second-order valence-corrected chi connectivity index (χ2v) is 8.67. The van der Waals surface area contributed by atoms with E-state index in [0.29, 0.717) is 5.56 Å². The number of rotatable bonds is 7. The molecule has 0 aliphatic heterocycles. The lowest BCUT2D eigenvalue weighted by Gasteiger charge is -2.13. The summed E-state index contributed by atoms with van der Waals surface area (Å²) in [5.41, 5.74) is 0.0887. The van der Waals surface area contributed by atoms with Gasteiger partial charge in [0.25, 0.3) is 5.91 Å². The summed E-state index contributed by atoms with van der Waals surface area (Å²) in [4.78, 5) is 38.0. The Hall–Kier alpha value is -5.03. The maximum absolute atomic E-state index is 13.5. The molecule has 14 heteroatoms. The van der Waals surface area contributed by atoms with Crippen molar-refractivity contribution in [2.75, 3.05) is 31.3 Å². The number of nitrogens with one attached hydrogen (secondary N) is 2. The lowest BCUT2D eigenvalue weighted by atomic mass is 10.0. The standard InChI is InChI=1S/C25H21F3N8O3/c1-14-4-5-15(6-18(14)19-10-30-24(39-19)34-22(37)12-35(2)3)23(38)33-21-8-17(7-20(32-21)25(26,27)28)36-11-16(9-29)31-13-36/h4-8,10-11,13H,12H2,1-3H3,(H,30,34,37)(H,32,33,38). The van der Waals surface area contributed by atoms with E-state index >= 15 is 0 Å². The molecule has 0 unspecified atom stereocenters. The second-order valence-electron chi connectivity index (χ2n) is 8.67. The molecule has 39 heavy (non-hydrogen) atoms. The number of aromatic nitrogens is 4. The molecule has 3 aromatic heterocycles. The minimum atomic E-state index is -4.79. The zero-order chi connectivity index (χ0) is 28.3. The van der Waals surface area contributed by atoms with Crippen LogP contribution in [0.3, 0.4) is 0 Å². The maximum atomic E-state index is 13.5. The number of alkyl halides is 3. The van der Waals surface area contributed by atoms with Crippen molar-refractivity contribution >= 4 is 23.6 Å². The molecular formula is C25H21F3N8O3. The van der Waals surface area contributed by atoms with E-state index in [4.69, 9.17) is 9.68 Å². The summed E-state index contributed by atoms with van der Waals surface area (Å²) < 4.78 is 47.4. The molecular weight excluding hydrogens is 517 g/mol. The molecule has 200 valence electrons. The fourth-order valence-corrected chi connectivity index (χ4v) is 3.52. The Balaban J connectivity index is 1.60. The van der Waals surface area contributed by atoms with Crippen molar-refractivity contribution in [1.82, 2.24) is 24.4 Å². The first-order valence-corrected chi connectivity index (χ1v) is 11.3. The van der Waals surface area contributed by atoms with Gasteiger partial charge in [-0.1, -0.05) is 6.07 Å². The number of likely N-dealkylation sites (N-methyl/N-ethyl adjacent to an activating group) is 1. The van der Waals surface area contributed by atoms with Crippen molar-refractivity contribution in [3.8, 4) is 23.1 Å². The molecule has 0 radical (unpaired) electrons. The Morgan fingerprint density at radius 3 is 2.59 bits per heavy atom. The molecule has 0 aliphatic carbocycles. The molecule has 11 nitrogen and oxygen atoms in total. The highest BCUT2D eigenvalue weighted by Gasteiger charge is 2.33. The first kappa shape index (κ1) is 27.0. The first-order valence-electron chi connectivity index (χ1n) is 11.3. The van der Waals surface area contributed by atoms with E-state index in [-0.39, 0.29) is 47.0 Å². The van der Waals surface area contributed by atoms with Gasteiger partial charge in [-0.05, 0) is 44.8 Å². The highest BCUT2D eigenvalue weighted by atomic mass is 19.4. The lowest BCUT2D eigenvalue weighted by molar-refractivity contribution is -0.141. The molecule has 0 fully saturated rings. The van der Waals surface area contributed by atoms with E-state index in [1.165, 1.54) is 41.5 Å². The van der Waals surface area contributed by atoms with Crippen LogP contribution in [-0.2, 0) is 11.0 Å². The molecule has 3 heterocycles. The Morgan fingerprint density at radius 2 is 1.92 bits per heavy atom. The zero-order valence-corrected chi connectivity index (χ0v) is 20.9. The second kappa shape index (κ2) is 10.8. The van der Waals surface area contributed by atoms with Crippen LogP contribution in [0.25, 0.3) is 17.0 Å². The average molecular weight is 538 g/mol. The van der Waals surface area contributed by atoms with Gasteiger partial charge in [0.1, 0.15) is 23.9 Å². The van der Waals surface area contributed by atoms with Gasteiger partial charge in [-0.15, -0.1) is 0 Å². The van der Waals surface area contributed by atoms with Gasteiger partial charge >= 0.3 is 12.2 Å². The Kier molecular flexibility index (Phi) is 7.45. The zero-order valence-electron chi connectivity index (χ0n) is 20.9. The summed E-state index contributed by atoms with van der Waals surface area (Å²) >= 11 is 0. The Bertz CT molecular complexity index is 1580. The van der Waals surface area contributed by atoms with Crippen molar-refractivity contribution in [1.29, 1.82) is 5.26 Å². The SMILES string of the molecule is Cc1ccc(C(=O)Nc2cc(-n3cnc(C#N)c3)cc(C(F)(F)F)n2)cc1-c1cnc(NC(=O)CN(C)C)o1. The van der Waals surface area contributed by atoms with E-state index in [2.05, 4.69) is 25.6 Å². The van der Waals surface area contributed by atoms with Crippen molar-refractivity contribution < 1.29 is 27.2 Å². The summed E-state index contributed by atoms with van der Waals surface area (Å²) in [7, 11) is 3.47. The number of nitriles is 1. The molecule has 0 saturated carbocycles. The van der Waals surface area contributed by atoms with Gasteiger partial charge in [-0.2, -0.15) is 18.4 Å². The van der Waals surface area contributed by atoms with Crippen LogP contribution in [0.4, 0.5) is 25.0 Å². The van der Waals surface area contributed by atoms with Gasteiger partial charge in [0, 0.05) is 23.4 Å². The third kappa shape index (κ3) is 6.46. The smallest absolute Gasteiger partial charge is 0.423 e. The largest absolute Gasteiger partial charge is 0.433 e. The molecule has 4 aromatic rings. The molecule has 0 bridgehead atoms. The number of amides is 2. The molecule has 2 N–H and O–H groups in total. The number of anilines is 2. The number of hydrogen-bond acceptors (Lipinski definition) is 8. The van der Waals surface area contributed by atoms with Crippen molar-refractivity contribution in [2.45, 2.75) is 13.1 Å². The number of carbonyl (C=O) groups is 2. The highest BCUT2D eigenvalue weighted by Crippen LogP contribution is 2.31. The van der Waals surface area contributed by atoms with Crippen LogP contribution >= 0.6 is 0 Å². The fourth-order valence-electron chi connectivity index (χ4n) is 3.52. The summed E-state index contributed by atoms with van der Waals surface area (Å²) in [5, 5.41) is 13.9. The van der Waals surface area contributed by atoms with Crippen molar-refractivity contribution in [3.05, 3.63) is 71.6 Å². The molecule has 0 aliphatic rings. The van der Waals surface area contributed by atoms with Gasteiger partial charge in [0.2, 0.25) is 5.91 Å². The molecule has 1 aromatic carbocycles. The quantitative estimate of drug-likeness (QED) is 0.361. The average Bonchev–Trinajstić information content (AvgIpc) is 3.53. The van der Waals surface area contributed by atoms with Crippen LogP contribution < -0.4 is 10.6 Å². The topological polar surface area (TPSA) is 142 Å². The molecule has 0 spiro atoms. The Labute approximate surface area is 219 Å². The van der Waals surface area contributed by atoms with Gasteiger partial charge in [-0.3, -0.25) is 14.9 Å². The summed E-state index contributed by atoms with van der Waals surface area (Å²) in [6.07, 6.45) is -0.976. The van der Waals surface area contributed by atoms with Gasteiger partial charge in [0.05, 0.1) is 18.4 Å². The summed E-state index contributed by atoms with van der Waals surface area (Å²) in [6, 6.07) is 8.40. The van der Waals surface area contributed by atoms with Crippen LogP contribution in [0.5, 0.6) is 0 Å². The van der Waals surface area contributed by atoms with Crippen LogP contribution in [0.2, 0.25) is 0 Å². The number of aryl methyl sites for hydroxylation is 1. The third-order valence-corrected chi connectivity index (χ3v) is 5.31. The molecule has 0 atom stereocenters. The number of nitrogens with zero attached hydrogens (tertiary/aromatic N) is 6. The summed E-state index contributed by atoms with van der Waals surface area (Å²) in [6.45, 7) is 1.89. The number of oxazole rings is 1. The minimum Gasteiger partial charge on any atom is -0.423 e. The van der Waals surface area contributed by atoms with Gasteiger partial charge in [0.15, 0.2) is 11.5 Å². The lowest BCUT2D eigenvalue weighted by Crippen LogP contribution is -2.27. The van der Waals surface area contributed by atoms with Crippen LogP contribution in [0.15, 0.2) is 53.5 Å². The van der Waals surface area contributed by atoms with Crippen LogP contribution in [0, 0.1) is 18.3 Å². The van der Waals surface area contributed by atoms with Crippen LogP contribution in [-0.4, -0.2) is 56.9 Å². The number of pyridine rings is 1. The fraction of sp³-hybridized carbons (Fsp3) is 0.200. The van der Waals surface area contributed by atoms with E-state index in [1.54, 1.807) is 38.1 Å². The van der Waals surface area contributed by atoms with Crippen LogP contribution in [0.1, 0.15) is 27.3 Å². The van der Waals surface area contributed by atoms with E-state index in [1.807, 2.05) is 0 Å². The highest BCUT2D eigenvalue weighted by molar-refractivity contribution is 6.04. The predicted molar refractivity (Wildman–Crippen MR) is 133 cm³/mol. The normalized spacial score (nSPS) is 11.3. The monoisotopic (exact) mass is 538 g/mol. The van der Waals surface area contributed by atoms with Crippen molar-refractivity contribution in [2.24, 2.45) is 0 Å². The van der Waals surface area contributed by atoms with E-state index in [0.717, 1.165) is 11.6 Å². The number of benzene rings is 1. The minimum absolute atomic E-state index is 0.00303. The molecule has 4 rings (SSSR count). The van der Waals surface area contributed by atoms with E-state index < -0.39 is 17.8 Å². The predicted octanol–water partition coefficient (Wildman–Crippen LogP) is 3.87. The third-order valence-electron chi connectivity index (χ3n) is 5.31. The van der Waals surface area contributed by atoms with E-state index in [9.17, 15) is 22.8 Å². The maximum Gasteiger partial charge on any atom is 0.433 e. The van der Waals surface area contributed by atoms with Crippen molar-refractivity contribution in [3.63, 3.8) is 0 Å². The summed E-state index contributed by atoms with van der Waals surface area (Å²) in [5.74, 6) is -1.14. The number of halogens is 3.